The van der Waals surface area contributed by atoms with E-state index in [1.54, 1.807) is 12.1 Å². The van der Waals surface area contributed by atoms with Crippen LogP contribution >= 0.6 is 0 Å². The van der Waals surface area contributed by atoms with E-state index in [0.29, 0.717) is 29.3 Å². The van der Waals surface area contributed by atoms with Crippen LogP contribution in [-0.2, 0) is 19.8 Å². The maximum Gasteiger partial charge on any atom is 0.339 e. The number of nitrogens with zero attached hydrogens (tertiary/aromatic N) is 1. The van der Waals surface area contributed by atoms with Crippen molar-refractivity contribution in [2.45, 2.75) is 70.7 Å². The summed E-state index contributed by atoms with van der Waals surface area (Å²) in [5, 5.41) is 0.800. The molecule has 2 aromatic heterocycles. The number of halogens is 1. The van der Waals surface area contributed by atoms with E-state index in [1.807, 2.05) is 32.0 Å². The van der Waals surface area contributed by atoms with Gasteiger partial charge in [0.1, 0.15) is 11.5 Å². The van der Waals surface area contributed by atoms with Crippen LogP contribution in [0.4, 0.5) is 4.39 Å². The molecular weight excluding hydrogens is 471 g/mol. The minimum Gasteiger partial charge on any atom is -0.465 e. The first-order valence-electron chi connectivity index (χ1n) is 13.2. The second-order valence-electron chi connectivity index (χ2n) is 10.6. The van der Waals surface area contributed by atoms with Gasteiger partial charge >= 0.3 is 5.97 Å². The molecule has 1 aliphatic carbocycles. The molecular formula is C30H35FN2O4. The van der Waals surface area contributed by atoms with Crippen LogP contribution in [0.3, 0.4) is 0 Å². The van der Waals surface area contributed by atoms with E-state index in [4.69, 9.17) is 14.2 Å². The first-order chi connectivity index (χ1) is 17.8. The van der Waals surface area contributed by atoms with Gasteiger partial charge in [0.25, 0.3) is 0 Å². The highest BCUT2D eigenvalue weighted by Crippen LogP contribution is 2.36. The lowest BCUT2D eigenvalue weighted by Crippen LogP contribution is -2.33. The number of H-pyrrole nitrogens is 1. The lowest BCUT2D eigenvalue weighted by molar-refractivity contribution is -0.219. The number of fused-ring (bicyclic) bond motifs is 1. The summed E-state index contributed by atoms with van der Waals surface area (Å²) in [6.07, 6.45) is 11.0. The second-order valence-corrected chi connectivity index (χ2v) is 10.6. The Morgan fingerprint density at radius 2 is 1.89 bits per heavy atom. The number of pyridine rings is 1. The van der Waals surface area contributed by atoms with Crippen molar-refractivity contribution in [2.24, 2.45) is 5.92 Å². The number of carbonyl (C=O) groups is 1. The van der Waals surface area contributed by atoms with Gasteiger partial charge in [-0.1, -0.05) is 31.1 Å². The number of hydrogen-bond donors (Lipinski definition) is 1. The van der Waals surface area contributed by atoms with Crippen molar-refractivity contribution in [3.63, 3.8) is 0 Å². The van der Waals surface area contributed by atoms with E-state index in [-0.39, 0.29) is 12.1 Å². The lowest BCUT2D eigenvalue weighted by Gasteiger charge is -2.33. The Morgan fingerprint density at radius 3 is 2.59 bits per heavy atom. The van der Waals surface area contributed by atoms with Gasteiger partial charge in [-0.3, -0.25) is 0 Å². The molecule has 1 atom stereocenters. The van der Waals surface area contributed by atoms with Gasteiger partial charge in [-0.15, -0.1) is 0 Å². The van der Waals surface area contributed by atoms with Crippen LogP contribution in [0, 0.1) is 11.7 Å². The Bertz CT molecular complexity index is 1300. The predicted octanol–water partition coefficient (Wildman–Crippen LogP) is 6.89. The molecule has 1 aromatic carbocycles. The number of aromatic amines is 1. The summed E-state index contributed by atoms with van der Waals surface area (Å²) in [4.78, 5) is 19.8. The summed E-state index contributed by atoms with van der Waals surface area (Å²) in [6.45, 7) is 4.46. The van der Waals surface area contributed by atoms with Crippen molar-refractivity contribution in [3.05, 3.63) is 70.8 Å². The quantitative estimate of drug-likeness (QED) is 0.353. The zero-order valence-corrected chi connectivity index (χ0v) is 21.8. The lowest BCUT2D eigenvalue weighted by atomic mass is 9.91. The number of hydrogen-bond acceptors (Lipinski definition) is 5. The molecule has 3 heterocycles. The summed E-state index contributed by atoms with van der Waals surface area (Å²) >= 11 is 0. The fraction of sp³-hybridized carbons (Fsp3) is 0.467. The molecule has 1 aliphatic heterocycles. The van der Waals surface area contributed by atoms with Gasteiger partial charge in [-0.2, -0.15) is 0 Å². The Hall–Kier alpha value is -3.03. The third-order valence-corrected chi connectivity index (χ3v) is 7.48. The summed E-state index contributed by atoms with van der Waals surface area (Å²) < 4.78 is 32.4. The molecule has 7 heteroatoms. The monoisotopic (exact) mass is 506 g/mol. The highest BCUT2D eigenvalue weighted by molar-refractivity contribution is 5.94. The van der Waals surface area contributed by atoms with Gasteiger partial charge in [0, 0.05) is 35.0 Å². The Balaban J connectivity index is 1.49. The molecule has 196 valence electrons. The molecule has 37 heavy (non-hydrogen) atoms. The number of carbonyl (C=O) groups excluding carboxylic acids is 1. The summed E-state index contributed by atoms with van der Waals surface area (Å²) in [5.41, 5.74) is 3.30. The fourth-order valence-corrected chi connectivity index (χ4v) is 5.46. The Labute approximate surface area is 217 Å². The molecule has 6 nitrogen and oxygen atoms in total. The molecule has 3 aromatic rings. The van der Waals surface area contributed by atoms with Crippen molar-refractivity contribution < 1.29 is 23.4 Å². The number of esters is 1. The van der Waals surface area contributed by atoms with Crippen LogP contribution in [-0.4, -0.2) is 35.9 Å². The number of rotatable bonds is 7. The van der Waals surface area contributed by atoms with Gasteiger partial charge in [-0.05, 0) is 75.6 Å². The zero-order chi connectivity index (χ0) is 26.0. The smallest absolute Gasteiger partial charge is 0.339 e. The van der Waals surface area contributed by atoms with E-state index in [1.165, 1.54) is 26.1 Å². The Kier molecular flexibility index (Phi) is 7.45. The molecule has 1 N–H and O–H groups in total. The molecule has 0 bridgehead atoms. The molecule has 0 spiro atoms. The normalized spacial score (nSPS) is 19.5. The maximum atomic E-state index is 15.7. The third-order valence-electron chi connectivity index (χ3n) is 7.48. The largest absolute Gasteiger partial charge is 0.465 e. The second kappa shape index (κ2) is 10.8. The zero-order valence-electron chi connectivity index (χ0n) is 21.8. The maximum absolute atomic E-state index is 15.7. The van der Waals surface area contributed by atoms with Crippen molar-refractivity contribution in [3.8, 4) is 0 Å². The van der Waals surface area contributed by atoms with Gasteiger partial charge in [0.2, 0.25) is 0 Å². The average Bonchev–Trinajstić information content (AvgIpc) is 3.56. The molecule has 0 radical (unpaired) electrons. The van der Waals surface area contributed by atoms with Crippen LogP contribution in [0.15, 0.2) is 42.6 Å². The number of ether oxygens (including phenoxy) is 3. The van der Waals surface area contributed by atoms with Crippen LogP contribution < -0.4 is 0 Å². The molecule has 1 saturated heterocycles. The van der Waals surface area contributed by atoms with E-state index in [2.05, 4.69) is 16.0 Å². The summed E-state index contributed by atoms with van der Waals surface area (Å²) in [5.74, 6) is -0.302. The molecule has 0 amide bonds. The number of nitrogens with one attached hydrogen (secondary N) is 1. The molecule has 2 aliphatic rings. The minimum absolute atomic E-state index is 0.308. The van der Waals surface area contributed by atoms with Crippen molar-refractivity contribution in [2.75, 3.05) is 13.7 Å². The van der Waals surface area contributed by atoms with Crippen LogP contribution in [0.25, 0.3) is 16.6 Å². The van der Waals surface area contributed by atoms with Crippen LogP contribution in [0.2, 0.25) is 0 Å². The molecule has 1 unspecified atom stereocenters. The van der Waals surface area contributed by atoms with Gasteiger partial charge in [0.05, 0.1) is 18.3 Å². The first-order valence-corrected chi connectivity index (χ1v) is 13.2. The standard InChI is InChI=1S/C30H35FN2O4/c1-30(2,37-27-10-6-7-13-36-27)24-12-11-20(16-25(24)31)23(14-19-8-4-5-9-19)26-17-21-15-22(29(34)35-3)18-32-28(21)33-26/h11-12,14-19,27H,4-10,13H2,1-3H3,(H,32,33). The van der Waals surface area contributed by atoms with Crippen molar-refractivity contribution in [1.82, 2.24) is 9.97 Å². The fourth-order valence-electron chi connectivity index (χ4n) is 5.46. The SMILES string of the molecule is COC(=O)c1cnc2[nH]c(C(=CC3CCCC3)c3ccc(C(C)(C)OC4CCCCO4)c(F)c3)cc2c1. The van der Waals surface area contributed by atoms with E-state index in [0.717, 1.165) is 54.3 Å². The van der Waals surface area contributed by atoms with E-state index >= 15 is 4.39 Å². The summed E-state index contributed by atoms with van der Waals surface area (Å²) in [7, 11) is 1.35. The van der Waals surface area contributed by atoms with E-state index < -0.39 is 11.6 Å². The Morgan fingerprint density at radius 1 is 1.11 bits per heavy atom. The predicted molar refractivity (Wildman–Crippen MR) is 141 cm³/mol. The number of benzene rings is 1. The number of allylic oxidation sites excluding steroid dienone is 1. The molecule has 1 saturated carbocycles. The van der Waals surface area contributed by atoms with Gasteiger partial charge in [0.15, 0.2) is 6.29 Å². The van der Waals surface area contributed by atoms with Gasteiger partial charge < -0.3 is 19.2 Å². The minimum atomic E-state index is -0.824. The summed E-state index contributed by atoms with van der Waals surface area (Å²) in [6, 6.07) is 9.12. The number of methoxy groups -OCH3 is 1. The number of aromatic nitrogens is 2. The first kappa shape index (κ1) is 25.6. The topological polar surface area (TPSA) is 73.4 Å². The van der Waals surface area contributed by atoms with E-state index in [9.17, 15) is 4.79 Å². The highest BCUT2D eigenvalue weighted by Gasteiger charge is 2.30. The highest BCUT2D eigenvalue weighted by atomic mass is 19.1. The third kappa shape index (κ3) is 5.63. The molecule has 5 rings (SSSR count). The van der Waals surface area contributed by atoms with Crippen LogP contribution in [0.5, 0.6) is 0 Å². The average molecular weight is 507 g/mol. The van der Waals surface area contributed by atoms with Crippen LogP contribution in [0.1, 0.15) is 86.0 Å². The molecule has 2 fully saturated rings. The van der Waals surface area contributed by atoms with Crippen molar-refractivity contribution >= 4 is 22.6 Å². The van der Waals surface area contributed by atoms with Crippen molar-refractivity contribution in [1.29, 1.82) is 0 Å². The van der Waals surface area contributed by atoms with Gasteiger partial charge in [-0.25, -0.2) is 14.2 Å².